The predicted octanol–water partition coefficient (Wildman–Crippen LogP) is 12.7. The highest BCUT2D eigenvalue weighted by Crippen LogP contribution is 2.51. The number of rotatable bonds is 4. The maximum Gasteiger partial charge on any atom is 0.0849 e. The van der Waals surface area contributed by atoms with E-state index in [1.54, 1.807) is 0 Å². The Kier molecular flexibility index (Phi) is 7.70. The van der Waals surface area contributed by atoms with Gasteiger partial charge in [0.25, 0.3) is 0 Å². The molecule has 0 aliphatic carbocycles. The first-order chi connectivity index (χ1) is 24.2. The molecule has 0 bridgehead atoms. The number of benzene rings is 6. The topological polar surface area (TPSA) is 25.2 Å². The van der Waals surface area contributed by atoms with E-state index in [0.29, 0.717) is 0 Å². The summed E-state index contributed by atoms with van der Waals surface area (Å²) in [6, 6.07) is 47.6. The molecular formula is C47H46N2OS. The zero-order valence-electron chi connectivity index (χ0n) is 30.9. The van der Waals surface area contributed by atoms with Gasteiger partial charge < -0.3 is 9.47 Å². The minimum absolute atomic E-state index is 0.0494. The van der Waals surface area contributed by atoms with Crippen molar-refractivity contribution in [3.63, 3.8) is 0 Å². The van der Waals surface area contributed by atoms with Gasteiger partial charge in [0.15, 0.2) is 0 Å². The van der Waals surface area contributed by atoms with Crippen LogP contribution in [0.25, 0.3) is 27.5 Å². The molecule has 0 fully saturated rings. The van der Waals surface area contributed by atoms with Crippen molar-refractivity contribution in [3.8, 4) is 5.69 Å². The van der Waals surface area contributed by atoms with E-state index in [2.05, 4.69) is 174 Å². The lowest BCUT2D eigenvalue weighted by atomic mass is 9.73. The maximum atomic E-state index is 14.0. The highest BCUT2D eigenvalue weighted by atomic mass is 32.2. The molecule has 0 saturated carbocycles. The molecule has 0 saturated heterocycles. The van der Waals surface area contributed by atoms with Gasteiger partial charge in [0.1, 0.15) is 0 Å². The molecule has 0 radical (unpaired) electrons. The third-order valence-corrected chi connectivity index (χ3v) is 12.2. The molecule has 8 rings (SSSR count). The summed E-state index contributed by atoms with van der Waals surface area (Å²) in [6.45, 7) is 18.2. The van der Waals surface area contributed by atoms with Crippen LogP contribution in [0.4, 0.5) is 17.1 Å². The molecule has 7 aromatic rings. The number of fused-ring (bicyclic) bond motifs is 5. The molecule has 51 heavy (non-hydrogen) atoms. The lowest BCUT2D eigenvalue weighted by molar-refractivity contribution is 0.590. The van der Waals surface area contributed by atoms with Crippen LogP contribution in [-0.2, 0) is 27.0 Å². The van der Waals surface area contributed by atoms with E-state index in [1.165, 1.54) is 55.4 Å². The normalized spacial score (nSPS) is 14.8. The van der Waals surface area contributed by atoms with Crippen LogP contribution >= 0.6 is 0 Å². The van der Waals surface area contributed by atoms with Crippen molar-refractivity contribution in [2.24, 2.45) is 0 Å². The Morgan fingerprint density at radius 2 is 0.922 bits per heavy atom. The first kappa shape index (κ1) is 33.2. The van der Waals surface area contributed by atoms with Crippen LogP contribution in [0.2, 0.25) is 0 Å². The molecule has 4 heteroatoms. The van der Waals surface area contributed by atoms with Crippen LogP contribution in [0.5, 0.6) is 0 Å². The van der Waals surface area contributed by atoms with Crippen LogP contribution in [0.15, 0.2) is 143 Å². The molecule has 0 amide bonds. The van der Waals surface area contributed by atoms with Gasteiger partial charge in [-0.25, -0.2) is 4.21 Å². The number of hydrogen-bond donors (Lipinski definition) is 0. The van der Waals surface area contributed by atoms with Gasteiger partial charge in [-0.1, -0.05) is 104 Å². The van der Waals surface area contributed by atoms with E-state index < -0.39 is 10.8 Å². The van der Waals surface area contributed by atoms with E-state index in [9.17, 15) is 4.21 Å². The smallest absolute Gasteiger partial charge is 0.0849 e. The van der Waals surface area contributed by atoms with Crippen molar-refractivity contribution in [2.75, 3.05) is 4.90 Å². The zero-order valence-corrected chi connectivity index (χ0v) is 31.7. The summed E-state index contributed by atoms with van der Waals surface area (Å²) in [4.78, 5) is 3.90. The van der Waals surface area contributed by atoms with Gasteiger partial charge in [0.05, 0.1) is 33.2 Å². The highest BCUT2D eigenvalue weighted by molar-refractivity contribution is 7.85. The maximum absolute atomic E-state index is 14.0. The summed E-state index contributed by atoms with van der Waals surface area (Å²) < 4.78 is 16.3. The highest BCUT2D eigenvalue weighted by Gasteiger charge is 2.36. The summed E-state index contributed by atoms with van der Waals surface area (Å²) in [6.07, 6.45) is 0. The fraction of sp³-hybridized carbons (Fsp3) is 0.234. The largest absolute Gasteiger partial charge is 0.310 e. The second kappa shape index (κ2) is 11.8. The molecule has 1 aliphatic rings. The van der Waals surface area contributed by atoms with Crippen molar-refractivity contribution in [1.82, 2.24) is 4.57 Å². The third kappa shape index (κ3) is 5.52. The van der Waals surface area contributed by atoms with Gasteiger partial charge in [0, 0.05) is 37.4 Å². The van der Waals surface area contributed by atoms with Crippen LogP contribution in [0.3, 0.4) is 0 Å². The van der Waals surface area contributed by atoms with E-state index in [-0.39, 0.29) is 16.2 Å². The van der Waals surface area contributed by atoms with Gasteiger partial charge >= 0.3 is 0 Å². The molecule has 6 aromatic carbocycles. The molecule has 0 spiro atoms. The fourth-order valence-corrected chi connectivity index (χ4v) is 8.79. The molecule has 2 heterocycles. The summed E-state index contributed by atoms with van der Waals surface area (Å²) in [5.74, 6) is 0. The van der Waals surface area contributed by atoms with Crippen molar-refractivity contribution in [3.05, 3.63) is 156 Å². The molecule has 1 aliphatic heterocycles. The second-order valence-electron chi connectivity index (χ2n) is 16.6. The second-order valence-corrected chi connectivity index (χ2v) is 18.0. The molecule has 3 nitrogen and oxygen atoms in total. The van der Waals surface area contributed by atoms with Gasteiger partial charge in [-0.05, 0) is 118 Å². The molecule has 0 N–H and O–H groups in total. The summed E-state index contributed by atoms with van der Waals surface area (Å²) in [7, 11) is -1.33. The quantitative estimate of drug-likeness (QED) is 0.184. The molecular weight excluding hydrogens is 641 g/mol. The van der Waals surface area contributed by atoms with Crippen molar-refractivity contribution in [1.29, 1.82) is 0 Å². The van der Waals surface area contributed by atoms with E-state index >= 15 is 0 Å². The van der Waals surface area contributed by atoms with Gasteiger partial charge in [-0.15, -0.1) is 0 Å². The van der Waals surface area contributed by atoms with Gasteiger partial charge in [-0.3, -0.25) is 0 Å². The fourth-order valence-electron chi connectivity index (χ4n) is 7.76. The molecule has 256 valence electrons. The molecule has 1 aromatic heterocycles. The average Bonchev–Trinajstić information content (AvgIpc) is 3.44. The Balaban J connectivity index is 1.14. The number of nitrogens with zero attached hydrogens (tertiary/aromatic N) is 2. The van der Waals surface area contributed by atoms with Crippen molar-refractivity contribution < 1.29 is 4.21 Å². The van der Waals surface area contributed by atoms with Crippen molar-refractivity contribution >= 4 is 49.7 Å². The van der Waals surface area contributed by atoms with E-state index in [0.717, 1.165) is 21.2 Å². The van der Waals surface area contributed by atoms with Crippen LogP contribution in [0.1, 0.15) is 77.6 Å². The summed E-state index contributed by atoms with van der Waals surface area (Å²) in [5, 5.41) is 2.53. The first-order valence-corrected chi connectivity index (χ1v) is 19.1. The van der Waals surface area contributed by atoms with Crippen LogP contribution < -0.4 is 4.90 Å². The Labute approximate surface area is 305 Å². The Morgan fingerprint density at radius 1 is 0.510 bits per heavy atom. The Hall–Kier alpha value is -4.93. The van der Waals surface area contributed by atoms with Crippen LogP contribution in [0, 0.1) is 0 Å². The van der Waals surface area contributed by atoms with Crippen LogP contribution in [-0.4, -0.2) is 8.78 Å². The zero-order chi connectivity index (χ0) is 35.9. The van der Waals surface area contributed by atoms with E-state index in [1.807, 2.05) is 24.3 Å². The molecule has 1 unspecified atom stereocenters. The Bertz CT molecular complexity index is 2350. The third-order valence-electron chi connectivity index (χ3n) is 10.8. The number of hydrogen-bond acceptors (Lipinski definition) is 2. The predicted molar refractivity (Wildman–Crippen MR) is 216 cm³/mol. The monoisotopic (exact) mass is 686 g/mol. The lowest BCUT2D eigenvalue weighted by Crippen LogP contribution is -2.30. The van der Waals surface area contributed by atoms with Crippen molar-refractivity contribution in [2.45, 2.75) is 81.4 Å². The van der Waals surface area contributed by atoms with Gasteiger partial charge in [-0.2, -0.15) is 0 Å². The lowest BCUT2D eigenvalue weighted by Gasteiger charge is -2.42. The Morgan fingerprint density at radius 3 is 1.35 bits per heavy atom. The number of para-hydroxylation sites is 2. The average molecular weight is 687 g/mol. The molecule has 1 atom stereocenters. The number of aromatic nitrogens is 1. The van der Waals surface area contributed by atoms with Gasteiger partial charge in [0.2, 0.25) is 0 Å². The number of anilines is 3. The standard InChI is InChI=1S/C47H46N2OS/c1-45(2,3)31-17-27-41-37(29-31)38-30-32(46(4,5)6)18-28-42(38)48(41)33-19-23-35(24-20-33)51(50)36-25-21-34(22-26-36)49-43-15-11-9-13-39(43)47(7,8)40-14-10-12-16-44(40)49/h9-30H,1-8H3. The first-order valence-electron chi connectivity index (χ1n) is 17.9. The summed E-state index contributed by atoms with van der Waals surface area (Å²) in [5.41, 5.74) is 12.1. The minimum atomic E-state index is -1.33. The van der Waals surface area contributed by atoms with E-state index in [4.69, 9.17) is 0 Å². The summed E-state index contributed by atoms with van der Waals surface area (Å²) >= 11 is 0. The minimum Gasteiger partial charge on any atom is -0.310 e. The SMILES string of the molecule is CC(C)(C)c1ccc2c(c1)c1cc(C(C)(C)C)ccc1n2-c1ccc(S(=O)c2ccc(N3c4ccccc4C(C)(C)c4ccccc43)cc2)cc1.